The quantitative estimate of drug-likeness (QED) is 0.670. The fourth-order valence-electron chi connectivity index (χ4n) is 1.86. The van der Waals surface area contributed by atoms with Gasteiger partial charge in [0.2, 0.25) is 0 Å². The topological polar surface area (TPSA) is 3.88 Å². The number of rotatable bonds is 1. The summed E-state index contributed by atoms with van der Waals surface area (Å²) in [6, 6.07) is 9.05. The van der Waals surface area contributed by atoms with Crippen LogP contribution in [0.15, 0.2) is 42.5 Å². The van der Waals surface area contributed by atoms with E-state index in [-0.39, 0.29) is 5.41 Å². The molecule has 1 nitrogen and oxygen atoms in total. The van der Waals surface area contributed by atoms with Crippen molar-refractivity contribution < 1.29 is 7.31 Å². The van der Waals surface area contributed by atoms with Crippen molar-refractivity contribution >= 4 is 0 Å². The van der Waals surface area contributed by atoms with Gasteiger partial charge in [0.15, 0.2) is 11.9 Å². The van der Waals surface area contributed by atoms with Crippen molar-refractivity contribution in [2.45, 2.75) is 33.1 Å². The molecule has 0 saturated carbocycles. The summed E-state index contributed by atoms with van der Waals surface area (Å²) in [6.45, 7) is 8.45. The van der Waals surface area contributed by atoms with Crippen LogP contribution in [0, 0.1) is 6.92 Å². The number of benzene rings is 1. The van der Waals surface area contributed by atoms with Gasteiger partial charge in [0, 0.05) is 19.0 Å². The van der Waals surface area contributed by atoms with Gasteiger partial charge in [0.1, 0.15) is 7.05 Å². The highest BCUT2D eigenvalue weighted by Gasteiger charge is 2.13. The number of nitrogens with zero attached hydrogens (tertiary/aromatic N) is 1. The zero-order chi connectivity index (χ0) is 15.1. The van der Waals surface area contributed by atoms with Gasteiger partial charge < -0.3 is 0 Å². The van der Waals surface area contributed by atoms with Crippen molar-refractivity contribution in [3.63, 3.8) is 0 Å². The summed E-state index contributed by atoms with van der Waals surface area (Å²) < 4.78 is 18.2. The average molecular weight is 242 g/mol. The number of aryl methyl sites for hydroxylation is 1. The highest BCUT2D eigenvalue weighted by molar-refractivity contribution is 5.63. The minimum atomic E-state index is 0.116. The van der Waals surface area contributed by atoms with Crippen LogP contribution in [0.5, 0.6) is 0 Å². The van der Waals surface area contributed by atoms with E-state index in [2.05, 4.69) is 32.9 Å². The Morgan fingerprint density at radius 1 is 1.06 bits per heavy atom. The van der Waals surface area contributed by atoms with Crippen LogP contribution in [-0.4, -0.2) is 0 Å². The Morgan fingerprint density at radius 2 is 1.67 bits per heavy atom. The normalized spacial score (nSPS) is 13.2. The molecule has 0 N–H and O–H groups in total. The van der Waals surface area contributed by atoms with Gasteiger partial charge in [-0.3, -0.25) is 0 Å². The molecule has 0 aliphatic heterocycles. The molecule has 18 heavy (non-hydrogen) atoms. The van der Waals surface area contributed by atoms with Crippen LogP contribution in [0.4, 0.5) is 0 Å². The smallest absolute Gasteiger partial charge is 0.178 e. The van der Waals surface area contributed by atoms with Gasteiger partial charge in [-0.25, -0.2) is 4.57 Å². The molecule has 0 fully saturated rings. The van der Waals surface area contributed by atoms with Crippen molar-refractivity contribution in [3.05, 3.63) is 53.8 Å². The summed E-state index contributed by atoms with van der Waals surface area (Å²) >= 11 is 0. The Balaban J connectivity index is 2.56. The molecule has 1 aromatic carbocycles. The molecule has 0 unspecified atom stereocenters. The Hall–Kier alpha value is -1.63. The maximum absolute atomic E-state index is 8.25. The minimum absolute atomic E-state index is 0.116. The first kappa shape index (κ1) is 10.3. The standard InChI is InChI=1S/C17H22N/c1-13-12-15(10-11-18(13)5)14-6-8-16(9-7-14)17(2,3)4/h6-12H,1-5H3/q+1/i10D,12D. The number of hydrogen-bond acceptors (Lipinski definition) is 0. The molecule has 0 amide bonds. The molecule has 0 bridgehead atoms. The van der Waals surface area contributed by atoms with Gasteiger partial charge in [0.25, 0.3) is 0 Å². The highest BCUT2D eigenvalue weighted by atomic mass is 14.9. The van der Waals surface area contributed by atoms with Crippen molar-refractivity contribution in [1.82, 2.24) is 0 Å². The summed E-state index contributed by atoms with van der Waals surface area (Å²) in [6.07, 6.45) is 1.76. The molecule has 1 heteroatoms. The van der Waals surface area contributed by atoms with E-state index in [1.54, 1.807) is 6.20 Å². The predicted molar refractivity (Wildman–Crippen MR) is 76.5 cm³/mol. The zero-order valence-corrected chi connectivity index (χ0v) is 11.8. The second-order valence-corrected chi connectivity index (χ2v) is 5.80. The zero-order valence-electron chi connectivity index (χ0n) is 13.8. The van der Waals surface area contributed by atoms with E-state index in [9.17, 15) is 0 Å². The average Bonchev–Trinajstić information content (AvgIpc) is 2.36. The van der Waals surface area contributed by atoms with E-state index in [1.807, 2.05) is 30.7 Å². The second kappa shape index (κ2) is 4.56. The Kier molecular flexibility index (Phi) is 2.61. The second-order valence-electron chi connectivity index (χ2n) is 5.80. The summed E-state index contributed by atoms with van der Waals surface area (Å²) in [5.41, 5.74) is 3.90. The molecule has 2 aromatic rings. The van der Waals surface area contributed by atoms with Crippen molar-refractivity contribution in [1.29, 1.82) is 0 Å². The summed E-state index contributed by atoms with van der Waals surface area (Å²) in [4.78, 5) is 0. The molecule has 0 aliphatic carbocycles. The SMILES string of the molecule is [2H]c1c[n+](C)c(C)c([2H])c1-c1ccc(C(C)(C)C)cc1. The number of aromatic nitrogens is 1. The third-order valence-electron chi connectivity index (χ3n) is 3.28. The van der Waals surface area contributed by atoms with Gasteiger partial charge >= 0.3 is 0 Å². The molecule has 0 aliphatic rings. The maximum atomic E-state index is 8.25. The fourth-order valence-corrected chi connectivity index (χ4v) is 1.86. The lowest BCUT2D eigenvalue weighted by Crippen LogP contribution is -2.30. The third kappa shape index (κ3) is 2.61. The molecule has 94 valence electrons. The Bertz CT molecular complexity index is 638. The first-order chi connectivity index (χ1) is 9.21. The molecular formula is C17H22N+. The van der Waals surface area contributed by atoms with Gasteiger partial charge in [-0.05, 0) is 22.1 Å². The maximum Gasteiger partial charge on any atom is 0.178 e. The first-order valence-electron chi connectivity index (χ1n) is 7.29. The van der Waals surface area contributed by atoms with Crippen molar-refractivity contribution in [3.8, 4) is 11.1 Å². The molecule has 0 spiro atoms. The van der Waals surface area contributed by atoms with Gasteiger partial charge in [-0.2, -0.15) is 0 Å². The van der Waals surface area contributed by atoms with E-state index in [0.29, 0.717) is 17.6 Å². The lowest BCUT2D eigenvalue weighted by Gasteiger charge is -2.19. The monoisotopic (exact) mass is 242 g/mol. The minimum Gasteiger partial charge on any atom is -0.205 e. The van der Waals surface area contributed by atoms with Crippen LogP contribution in [-0.2, 0) is 12.5 Å². The summed E-state index contributed by atoms with van der Waals surface area (Å²) in [5.74, 6) is 0. The Morgan fingerprint density at radius 3 is 2.22 bits per heavy atom. The van der Waals surface area contributed by atoms with E-state index < -0.39 is 0 Å². The predicted octanol–water partition coefficient (Wildman–Crippen LogP) is 3.78. The highest BCUT2D eigenvalue weighted by Crippen LogP contribution is 2.25. The molecule has 1 heterocycles. The molecule has 0 radical (unpaired) electrons. The summed E-state index contributed by atoms with van der Waals surface area (Å²) in [5, 5.41) is 0. The van der Waals surface area contributed by atoms with Gasteiger partial charge in [-0.1, -0.05) is 45.0 Å². The van der Waals surface area contributed by atoms with Crippen LogP contribution in [0.1, 0.15) is 34.8 Å². The molecule has 0 saturated heterocycles. The van der Waals surface area contributed by atoms with E-state index in [4.69, 9.17) is 2.74 Å². The van der Waals surface area contributed by atoms with Crippen LogP contribution >= 0.6 is 0 Å². The summed E-state index contributed by atoms with van der Waals surface area (Å²) in [7, 11) is 1.87. The van der Waals surface area contributed by atoms with E-state index >= 15 is 0 Å². The van der Waals surface area contributed by atoms with Gasteiger partial charge in [-0.15, -0.1) is 0 Å². The van der Waals surface area contributed by atoms with Crippen LogP contribution in [0.2, 0.25) is 0 Å². The lowest BCUT2D eigenvalue weighted by molar-refractivity contribution is -0.677. The van der Waals surface area contributed by atoms with Gasteiger partial charge in [0.05, 0.1) is 2.74 Å². The fraction of sp³-hybridized carbons (Fsp3) is 0.353. The molecule has 2 rings (SSSR count). The first-order valence-corrected chi connectivity index (χ1v) is 6.29. The Labute approximate surface area is 113 Å². The van der Waals surface area contributed by atoms with Crippen molar-refractivity contribution in [2.75, 3.05) is 0 Å². The molecular weight excluding hydrogens is 218 g/mol. The largest absolute Gasteiger partial charge is 0.205 e. The van der Waals surface area contributed by atoms with Crippen molar-refractivity contribution in [2.24, 2.45) is 7.05 Å². The molecule has 1 aromatic heterocycles. The number of pyridine rings is 1. The van der Waals surface area contributed by atoms with Crippen LogP contribution in [0.3, 0.4) is 0 Å². The van der Waals surface area contributed by atoms with E-state index in [0.717, 1.165) is 11.3 Å². The lowest BCUT2D eigenvalue weighted by atomic mass is 9.86. The van der Waals surface area contributed by atoms with E-state index in [1.165, 1.54) is 5.56 Å². The number of hydrogen-bond donors (Lipinski definition) is 0. The van der Waals surface area contributed by atoms with Crippen LogP contribution < -0.4 is 4.57 Å². The third-order valence-corrected chi connectivity index (χ3v) is 3.28. The van der Waals surface area contributed by atoms with Crippen LogP contribution in [0.25, 0.3) is 11.1 Å². The molecule has 0 atom stereocenters.